The third-order valence-corrected chi connectivity index (χ3v) is 5.36. The minimum atomic E-state index is -0.295. The zero-order valence-corrected chi connectivity index (χ0v) is 16.2. The van der Waals surface area contributed by atoms with Gasteiger partial charge in [-0.2, -0.15) is 5.10 Å². The van der Waals surface area contributed by atoms with Crippen molar-refractivity contribution < 1.29 is 9.90 Å². The van der Waals surface area contributed by atoms with Crippen molar-refractivity contribution in [3.8, 4) is 11.5 Å². The van der Waals surface area contributed by atoms with Crippen molar-refractivity contribution in [3.63, 3.8) is 0 Å². The van der Waals surface area contributed by atoms with E-state index in [1.165, 1.54) is 0 Å². The first-order valence-electron chi connectivity index (χ1n) is 9.87. The van der Waals surface area contributed by atoms with E-state index in [1.54, 1.807) is 18.3 Å². The molecule has 0 saturated carbocycles. The molecule has 0 bridgehead atoms. The van der Waals surface area contributed by atoms with Crippen LogP contribution in [0.2, 0.25) is 0 Å². The molecule has 152 valence electrons. The van der Waals surface area contributed by atoms with Gasteiger partial charge in [0.1, 0.15) is 11.5 Å². The molecule has 0 unspecified atom stereocenters. The highest BCUT2D eigenvalue weighted by Crippen LogP contribution is 2.24. The highest BCUT2D eigenvalue weighted by molar-refractivity contribution is 6.03. The summed E-state index contributed by atoms with van der Waals surface area (Å²) in [7, 11) is 0. The van der Waals surface area contributed by atoms with Gasteiger partial charge in [-0.3, -0.25) is 9.89 Å². The number of pyridine rings is 1. The van der Waals surface area contributed by atoms with E-state index in [0.717, 1.165) is 36.2 Å². The minimum Gasteiger partial charge on any atom is -0.394 e. The number of H-pyrrole nitrogens is 2. The lowest BCUT2D eigenvalue weighted by Crippen LogP contribution is -2.32. The molecule has 0 spiro atoms. The van der Waals surface area contributed by atoms with Crippen LogP contribution in [0.3, 0.4) is 0 Å². The van der Waals surface area contributed by atoms with E-state index in [1.807, 2.05) is 30.3 Å². The largest absolute Gasteiger partial charge is 0.394 e. The van der Waals surface area contributed by atoms with Crippen molar-refractivity contribution in [2.45, 2.75) is 18.9 Å². The van der Waals surface area contributed by atoms with Crippen molar-refractivity contribution in [1.29, 1.82) is 0 Å². The summed E-state index contributed by atoms with van der Waals surface area (Å²) in [5.41, 5.74) is 2.91. The molecule has 1 aliphatic heterocycles. The number of aromatic nitrogens is 5. The van der Waals surface area contributed by atoms with Gasteiger partial charge in [0.15, 0.2) is 11.6 Å². The number of aliphatic hydroxyl groups excluding tert-OH is 1. The number of para-hydroxylation sites is 2. The number of aromatic amines is 2. The van der Waals surface area contributed by atoms with E-state index in [2.05, 4.69) is 35.4 Å². The van der Waals surface area contributed by atoms with Gasteiger partial charge in [-0.15, -0.1) is 0 Å². The molecule has 1 saturated heterocycles. The third-order valence-electron chi connectivity index (χ3n) is 5.36. The number of fused-ring (bicyclic) bond motifs is 1. The molecule has 9 nitrogen and oxygen atoms in total. The number of amides is 1. The van der Waals surface area contributed by atoms with Crippen molar-refractivity contribution >= 4 is 28.6 Å². The molecule has 0 aliphatic carbocycles. The van der Waals surface area contributed by atoms with Gasteiger partial charge < -0.3 is 20.3 Å². The molecule has 1 aliphatic rings. The number of aliphatic hydroxyl groups is 1. The highest BCUT2D eigenvalue weighted by atomic mass is 16.3. The van der Waals surface area contributed by atoms with Crippen LogP contribution in [0, 0.1) is 0 Å². The molecule has 1 amide bonds. The second-order valence-electron chi connectivity index (χ2n) is 7.30. The maximum absolute atomic E-state index is 12.6. The summed E-state index contributed by atoms with van der Waals surface area (Å²) in [6.07, 6.45) is 3.53. The van der Waals surface area contributed by atoms with E-state index < -0.39 is 0 Å². The van der Waals surface area contributed by atoms with Gasteiger partial charge in [0.2, 0.25) is 0 Å². The fraction of sp³-hybridized carbons (Fsp3) is 0.238. The first-order chi connectivity index (χ1) is 14.7. The van der Waals surface area contributed by atoms with Gasteiger partial charge in [0.25, 0.3) is 5.91 Å². The molecule has 30 heavy (non-hydrogen) atoms. The maximum Gasteiger partial charge on any atom is 0.258 e. The van der Waals surface area contributed by atoms with Crippen molar-refractivity contribution in [2.75, 3.05) is 23.4 Å². The number of carbonyl (C=O) groups is 1. The van der Waals surface area contributed by atoms with Crippen LogP contribution in [0.1, 0.15) is 23.2 Å². The van der Waals surface area contributed by atoms with Gasteiger partial charge in [0.05, 0.1) is 29.2 Å². The highest BCUT2D eigenvalue weighted by Gasteiger charge is 2.25. The Hall–Kier alpha value is -3.72. The Morgan fingerprint density at radius 2 is 2.17 bits per heavy atom. The predicted molar refractivity (Wildman–Crippen MR) is 113 cm³/mol. The van der Waals surface area contributed by atoms with E-state index in [0.29, 0.717) is 22.9 Å². The lowest BCUT2D eigenvalue weighted by molar-refractivity contribution is 0.102. The molecule has 3 aromatic heterocycles. The fourth-order valence-electron chi connectivity index (χ4n) is 3.79. The van der Waals surface area contributed by atoms with Crippen molar-refractivity contribution in [2.24, 2.45) is 0 Å². The molecule has 9 heteroatoms. The molecular formula is C21H21N7O2. The molecule has 4 N–H and O–H groups in total. The van der Waals surface area contributed by atoms with Crippen LogP contribution in [0.5, 0.6) is 0 Å². The van der Waals surface area contributed by atoms with Crippen LogP contribution in [0.15, 0.2) is 48.7 Å². The lowest BCUT2D eigenvalue weighted by atomic mass is 10.2. The molecule has 1 fully saturated rings. The maximum atomic E-state index is 12.6. The number of nitrogens with zero attached hydrogens (tertiary/aromatic N) is 4. The molecule has 1 atom stereocenters. The van der Waals surface area contributed by atoms with Crippen molar-refractivity contribution in [1.82, 2.24) is 25.1 Å². The second kappa shape index (κ2) is 7.60. The number of imidazole rings is 1. The van der Waals surface area contributed by atoms with Gasteiger partial charge in [-0.05, 0) is 37.1 Å². The van der Waals surface area contributed by atoms with E-state index >= 15 is 0 Å². The minimum absolute atomic E-state index is 0.0953. The lowest BCUT2D eigenvalue weighted by Gasteiger charge is -2.24. The SMILES string of the molecule is O=C(Nc1cc(-c2nc3ccccc3[nH]2)[nH]n1)c1ccc(N2CCC[C@H]2CO)nc1. The van der Waals surface area contributed by atoms with Gasteiger partial charge in [-0.1, -0.05) is 12.1 Å². The molecule has 1 aromatic carbocycles. The Balaban J connectivity index is 1.29. The zero-order chi connectivity index (χ0) is 20.5. The Bertz CT molecular complexity index is 1150. The van der Waals surface area contributed by atoms with E-state index in [9.17, 15) is 9.90 Å². The monoisotopic (exact) mass is 403 g/mol. The predicted octanol–water partition coefficient (Wildman–Crippen LogP) is 2.56. The van der Waals surface area contributed by atoms with E-state index in [4.69, 9.17) is 0 Å². The number of hydrogen-bond donors (Lipinski definition) is 4. The average molecular weight is 403 g/mol. The quantitative estimate of drug-likeness (QED) is 0.406. The molecular weight excluding hydrogens is 382 g/mol. The van der Waals surface area contributed by atoms with Crippen LogP contribution in [-0.4, -0.2) is 55.4 Å². The molecule has 0 radical (unpaired) electrons. The normalized spacial score (nSPS) is 16.3. The van der Waals surface area contributed by atoms with Crippen LogP contribution < -0.4 is 10.2 Å². The number of benzene rings is 1. The summed E-state index contributed by atoms with van der Waals surface area (Å²) in [4.78, 5) is 26.8. The number of rotatable bonds is 5. The molecule has 4 heterocycles. The first-order valence-corrected chi connectivity index (χ1v) is 9.87. The number of hydrogen-bond acceptors (Lipinski definition) is 6. The van der Waals surface area contributed by atoms with Crippen LogP contribution in [0.25, 0.3) is 22.6 Å². The average Bonchev–Trinajstić information content (AvgIpc) is 3.52. The molecule has 5 rings (SSSR count). The summed E-state index contributed by atoms with van der Waals surface area (Å²) in [5, 5.41) is 19.3. The standard InChI is InChI=1S/C21H21N7O2/c29-12-14-4-3-9-28(14)19-8-7-13(11-22-19)21(30)25-18-10-17(26-27-18)20-23-15-5-1-2-6-16(15)24-20/h1-2,5-8,10-11,14,29H,3-4,9,12H2,(H,23,24)(H2,25,26,27,30)/t14-/m0/s1. The summed E-state index contributed by atoms with van der Waals surface area (Å²) in [6.45, 7) is 0.970. The number of nitrogens with one attached hydrogen (secondary N) is 3. The van der Waals surface area contributed by atoms with Crippen LogP contribution in [-0.2, 0) is 0 Å². The second-order valence-corrected chi connectivity index (χ2v) is 7.30. The van der Waals surface area contributed by atoms with Gasteiger partial charge in [-0.25, -0.2) is 9.97 Å². The summed E-state index contributed by atoms with van der Waals surface area (Å²) >= 11 is 0. The zero-order valence-electron chi connectivity index (χ0n) is 16.2. The Kier molecular flexibility index (Phi) is 4.64. The number of anilines is 2. The Labute approximate surface area is 172 Å². The van der Waals surface area contributed by atoms with Gasteiger partial charge >= 0.3 is 0 Å². The Morgan fingerprint density at radius 1 is 1.27 bits per heavy atom. The van der Waals surface area contributed by atoms with Crippen LogP contribution in [0.4, 0.5) is 11.6 Å². The summed E-state index contributed by atoms with van der Waals surface area (Å²) in [6, 6.07) is 13.1. The smallest absolute Gasteiger partial charge is 0.258 e. The summed E-state index contributed by atoms with van der Waals surface area (Å²) < 4.78 is 0. The molecule has 4 aromatic rings. The van der Waals surface area contributed by atoms with Crippen molar-refractivity contribution in [3.05, 3.63) is 54.2 Å². The Morgan fingerprint density at radius 3 is 2.97 bits per heavy atom. The number of carbonyl (C=O) groups excluding carboxylic acids is 1. The first kappa shape index (κ1) is 18.3. The van der Waals surface area contributed by atoms with Gasteiger partial charge in [0, 0.05) is 18.8 Å². The third kappa shape index (κ3) is 3.39. The summed E-state index contributed by atoms with van der Waals surface area (Å²) in [5.74, 6) is 1.53. The van der Waals surface area contributed by atoms with Crippen LogP contribution >= 0.6 is 0 Å². The fourth-order valence-corrected chi connectivity index (χ4v) is 3.79. The van der Waals surface area contributed by atoms with E-state index in [-0.39, 0.29) is 18.6 Å². The topological polar surface area (TPSA) is 123 Å².